The number of amides is 2. The first kappa shape index (κ1) is 20.4. The first-order valence-corrected chi connectivity index (χ1v) is 9.14. The van der Waals surface area contributed by atoms with Gasteiger partial charge in [-0.1, -0.05) is 32.9 Å². The molecule has 0 saturated heterocycles. The van der Waals surface area contributed by atoms with Gasteiger partial charge in [-0.2, -0.15) is 0 Å². The molecule has 2 rings (SSSR count). The van der Waals surface area contributed by atoms with Gasteiger partial charge in [0.25, 0.3) is 5.91 Å². The summed E-state index contributed by atoms with van der Waals surface area (Å²) in [4.78, 5) is 39.1. The van der Waals surface area contributed by atoms with Crippen molar-refractivity contribution in [2.24, 2.45) is 5.92 Å². The minimum Gasteiger partial charge on any atom is -0.354 e. The number of aromatic nitrogens is 1. The number of rotatable bonds is 7. The summed E-state index contributed by atoms with van der Waals surface area (Å²) in [6.07, 6.45) is 0.603. The molecule has 0 radical (unpaired) electrons. The predicted molar refractivity (Wildman–Crippen MR) is 106 cm³/mol. The van der Waals surface area contributed by atoms with E-state index in [1.807, 2.05) is 45.0 Å². The topological polar surface area (TPSA) is 91.1 Å². The minimum atomic E-state index is -0.236. The van der Waals surface area contributed by atoms with Gasteiger partial charge in [0.15, 0.2) is 5.78 Å². The van der Waals surface area contributed by atoms with E-state index in [0.29, 0.717) is 24.2 Å². The van der Waals surface area contributed by atoms with Gasteiger partial charge in [-0.15, -0.1) is 0 Å². The van der Waals surface area contributed by atoms with Crippen molar-refractivity contribution in [2.75, 3.05) is 5.32 Å². The zero-order valence-electron chi connectivity index (χ0n) is 16.5. The molecule has 3 N–H and O–H groups in total. The van der Waals surface area contributed by atoms with Gasteiger partial charge in [0.1, 0.15) is 5.69 Å². The van der Waals surface area contributed by atoms with E-state index in [0.717, 1.165) is 22.5 Å². The van der Waals surface area contributed by atoms with E-state index < -0.39 is 0 Å². The monoisotopic (exact) mass is 369 g/mol. The maximum absolute atomic E-state index is 12.6. The van der Waals surface area contributed by atoms with Crippen LogP contribution in [0.15, 0.2) is 24.3 Å². The molecule has 2 amide bonds. The molecule has 0 aliphatic carbocycles. The van der Waals surface area contributed by atoms with E-state index in [1.54, 1.807) is 6.92 Å². The molecule has 0 unspecified atom stereocenters. The van der Waals surface area contributed by atoms with Crippen molar-refractivity contribution in [3.63, 3.8) is 0 Å². The van der Waals surface area contributed by atoms with Crippen LogP contribution in [0.1, 0.15) is 65.4 Å². The fourth-order valence-electron chi connectivity index (χ4n) is 2.96. The molecule has 2 aromatic rings. The number of carbonyl (C=O) groups is 3. The summed E-state index contributed by atoms with van der Waals surface area (Å²) in [7, 11) is 0. The van der Waals surface area contributed by atoms with Crippen molar-refractivity contribution in [3.05, 3.63) is 52.3 Å². The van der Waals surface area contributed by atoms with E-state index in [1.165, 1.54) is 6.92 Å². The Balaban J connectivity index is 2.05. The van der Waals surface area contributed by atoms with Crippen LogP contribution in [-0.2, 0) is 17.8 Å². The van der Waals surface area contributed by atoms with Gasteiger partial charge >= 0.3 is 0 Å². The lowest BCUT2D eigenvalue weighted by atomic mass is 10.0. The van der Waals surface area contributed by atoms with Crippen molar-refractivity contribution in [3.8, 4) is 0 Å². The number of anilines is 1. The number of aryl methyl sites for hydroxylation is 1. The first-order valence-electron chi connectivity index (χ1n) is 9.14. The summed E-state index contributed by atoms with van der Waals surface area (Å²) in [5, 5.41) is 5.71. The number of aromatic amines is 1. The number of hydrogen-bond donors (Lipinski definition) is 3. The van der Waals surface area contributed by atoms with Gasteiger partial charge in [-0.3, -0.25) is 14.4 Å². The molecule has 144 valence electrons. The van der Waals surface area contributed by atoms with E-state index >= 15 is 0 Å². The van der Waals surface area contributed by atoms with Crippen LogP contribution in [0.4, 0.5) is 5.69 Å². The summed E-state index contributed by atoms with van der Waals surface area (Å²) in [5.41, 5.74) is 4.16. The van der Waals surface area contributed by atoms with Gasteiger partial charge in [-0.25, -0.2) is 0 Å². The van der Waals surface area contributed by atoms with Crippen molar-refractivity contribution in [1.82, 2.24) is 10.3 Å². The van der Waals surface area contributed by atoms with E-state index in [4.69, 9.17) is 0 Å². The number of ketones is 1. The maximum Gasteiger partial charge on any atom is 0.268 e. The Morgan fingerprint density at radius 2 is 1.74 bits per heavy atom. The third-order valence-electron chi connectivity index (χ3n) is 4.42. The fourth-order valence-corrected chi connectivity index (χ4v) is 2.96. The predicted octanol–water partition coefficient (Wildman–Crippen LogP) is 3.61. The molecule has 1 aromatic carbocycles. The van der Waals surface area contributed by atoms with Crippen LogP contribution in [0.5, 0.6) is 0 Å². The molecule has 0 aliphatic rings. The van der Waals surface area contributed by atoms with Gasteiger partial charge < -0.3 is 15.6 Å². The van der Waals surface area contributed by atoms with E-state index in [9.17, 15) is 14.4 Å². The van der Waals surface area contributed by atoms with Gasteiger partial charge in [0.05, 0.1) is 0 Å². The average Bonchev–Trinajstić information content (AvgIpc) is 2.97. The summed E-state index contributed by atoms with van der Waals surface area (Å²) in [6, 6.07) is 7.34. The quantitative estimate of drug-likeness (QED) is 0.651. The average molecular weight is 369 g/mol. The SMILES string of the molecule is CCc1c(C(=O)NCc2ccc(NC(=O)C(C)C)cc2)[nH]c(C)c1C(C)=O. The van der Waals surface area contributed by atoms with Crippen molar-refractivity contribution < 1.29 is 14.4 Å². The molecule has 1 heterocycles. The highest BCUT2D eigenvalue weighted by molar-refractivity contribution is 6.02. The molecular weight excluding hydrogens is 342 g/mol. The summed E-state index contributed by atoms with van der Waals surface area (Å²) in [5.74, 6) is -0.397. The van der Waals surface area contributed by atoms with E-state index in [2.05, 4.69) is 15.6 Å². The highest BCUT2D eigenvalue weighted by atomic mass is 16.2. The number of Topliss-reactive ketones (excluding diaryl/α,β-unsaturated/α-hetero) is 1. The second kappa shape index (κ2) is 8.66. The summed E-state index contributed by atoms with van der Waals surface area (Å²) in [6.45, 7) is 9.27. The number of nitrogens with one attached hydrogen (secondary N) is 3. The molecule has 0 spiro atoms. The Kier molecular flexibility index (Phi) is 6.55. The largest absolute Gasteiger partial charge is 0.354 e. The van der Waals surface area contributed by atoms with Crippen LogP contribution in [-0.4, -0.2) is 22.6 Å². The lowest BCUT2D eigenvalue weighted by Gasteiger charge is -2.09. The molecular formula is C21H27N3O3. The third kappa shape index (κ3) is 4.84. The fraction of sp³-hybridized carbons (Fsp3) is 0.381. The minimum absolute atomic E-state index is 0.0356. The van der Waals surface area contributed by atoms with Gasteiger partial charge in [-0.05, 0) is 43.5 Å². The lowest BCUT2D eigenvalue weighted by Crippen LogP contribution is -2.24. The highest BCUT2D eigenvalue weighted by Crippen LogP contribution is 2.20. The van der Waals surface area contributed by atoms with Crippen molar-refractivity contribution in [1.29, 1.82) is 0 Å². The van der Waals surface area contributed by atoms with Crippen LogP contribution >= 0.6 is 0 Å². The third-order valence-corrected chi connectivity index (χ3v) is 4.42. The number of H-pyrrole nitrogens is 1. The summed E-state index contributed by atoms with van der Waals surface area (Å²) >= 11 is 0. The van der Waals surface area contributed by atoms with Crippen LogP contribution in [0.2, 0.25) is 0 Å². The zero-order valence-corrected chi connectivity index (χ0v) is 16.5. The Bertz CT molecular complexity index is 848. The molecule has 0 bridgehead atoms. The molecule has 6 nitrogen and oxygen atoms in total. The van der Waals surface area contributed by atoms with Gasteiger partial charge in [0.2, 0.25) is 5.91 Å². The molecule has 0 saturated carbocycles. The Hall–Kier alpha value is -2.89. The van der Waals surface area contributed by atoms with Crippen molar-refractivity contribution >= 4 is 23.3 Å². The number of hydrogen-bond acceptors (Lipinski definition) is 3. The molecule has 27 heavy (non-hydrogen) atoms. The van der Waals surface area contributed by atoms with Crippen LogP contribution in [0, 0.1) is 12.8 Å². The Morgan fingerprint density at radius 1 is 1.11 bits per heavy atom. The van der Waals surface area contributed by atoms with Gasteiger partial charge in [0, 0.05) is 29.4 Å². The normalized spacial score (nSPS) is 10.7. The second-order valence-electron chi connectivity index (χ2n) is 6.91. The Morgan fingerprint density at radius 3 is 2.26 bits per heavy atom. The second-order valence-corrected chi connectivity index (χ2v) is 6.91. The summed E-state index contributed by atoms with van der Waals surface area (Å²) < 4.78 is 0. The Labute approximate surface area is 159 Å². The standard InChI is InChI=1S/C21H27N3O3/c1-6-17-18(14(5)25)13(4)23-19(17)21(27)22-11-15-7-9-16(10-8-15)24-20(26)12(2)3/h7-10,12,23H,6,11H2,1-5H3,(H,22,27)(H,24,26). The first-order chi connectivity index (χ1) is 12.7. The molecule has 1 aromatic heterocycles. The van der Waals surface area contributed by atoms with E-state index in [-0.39, 0.29) is 23.5 Å². The number of benzene rings is 1. The highest BCUT2D eigenvalue weighted by Gasteiger charge is 2.21. The lowest BCUT2D eigenvalue weighted by molar-refractivity contribution is -0.118. The molecule has 0 fully saturated rings. The molecule has 6 heteroatoms. The number of carbonyl (C=O) groups excluding carboxylic acids is 3. The van der Waals surface area contributed by atoms with Crippen LogP contribution < -0.4 is 10.6 Å². The van der Waals surface area contributed by atoms with Crippen LogP contribution in [0.3, 0.4) is 0 Å². The molecule has 0 aliphatic heterocycles. The smallest absolute Gasteiger partial charge is 0.268 e. The maximum atomic E-state index is 12.6. The molecule has 0 atom stereocenters. The van der Waals surface area contributed by atoms with Crippen LogP contribution in [0.25, 0.3) is 0 Å². The zero-order chi connectivity index (χ0) is 20.1. The van der Waals surface area contributed by atoms with Crippen molar-refractivity contribution in [2.45, 2.75) is 47.6 Å².